The minimum Gasteiger partial charge on any atom is -0.496 e. The topological polar surface area (TPSA) is 42.4 Å². The van der Waals surface area contributed by atoms with Gasteiger partial charge in [-0.1, -0.05) is 29.8 Å². The number of nitrogens with zero attached hydrogens (tertiary/aromatic N) is 1. The van der Waals surface area contributed by atoms with Gasteiger partial charge >= 0.3 is 0 Å². The highest BCUT2D eigenvalue weighted by atomic mass is 16.5. The summed E-state index contributed by atoms with van der Waals surface area (Å²) in [4.78, 5) is 4.13. The standard InChI is InChI=1S/C18H17NO2/c1-12-6-7-17(21-2)16(10-12)18(20)15-5-3-4-13-11-19-9-8-14(13)15/h3-11,18,20H,1-2H3. The van der Waals surface area contributed by atoms with Crippen LogP contribution in [0.1, 0.15) is 22.8 Å². The van der Waals surface area contributed by atoms with Crippen LogP contribution in [-0.2, 0) is 0 Å². The number of hydrogen-bond acceptors (Lipinski definition) is 3. The Kier molecular flexibility index (Phi) is 3.59. The van der Waals surface area contributed by atoms with Crippen molar-refractivity contribution < 1.29 is 9.84 Å². The van der Waals surface area contributed by atoms with E-state index in [0.717, 1.165) is 27.5 Å². The number of aromatic nitrogens is 1. The van der Waals surface area contributed by atoms with Crippen molar-refractivity contribution in [3.63, 3.8) is 0 Å². The van der Waals surface area contributed by atoms with Crippen LogP contribution in [0.4, 0.5) is 0 Å². The molecule has 0 fully saturated rings. The maximum atomic E-state index is 10.8. The maximum absolute atomic E-state index is 10.8. The molecule has 0 aliphatic heterocycles. The van der Waals surface area contributed by atoms with Gasteiger partial charge in [-0.2, -0.15) is 0 Å². The molecule has 0 saturated heterocycles. The molecule has 1 N–H and O–H groups in total. The Labute approximate surface area is 123 Å². The Hall–Kier alpha value is -2.39. The Morgan fingerprint density at radius 3 is 2.76 bits per heavy atom. The smallest absolute Gasteiger partial charge is 0.125 e. The first-order chi connectivity index (χ1) is 10.2. The lowest BCUT2D eigenvalue weighted by molar-refractivity contribution is 0.216. The number of aliphatic hydroxyl groups excluding tert-OH is 1. The molecule has 2 aromatic carbocycles. The van der Waals surface area contributed by atoms with Crippen molar-refractivity contribution >= 4 is 10.8 Å². The number of aliphatic hydroxyl groups is 1. The summed E-state index contributed by atoms with van der Waals surface area (Å²) in [5.41, 5.74) is 2.73. The molecule has 1 heterocycles. The van der Waals surface area contributed by atoms with Crippen LogP contribution in [0.3, 0.4) is 0 Å². The normalized spacial score (nSPS) is 12.3. The Bertz CT molecular complexity index is 778. The number of benzene rings is 2. The fraction of sp³-hybridized carbons (Fsp3) is 0.167. The van der Waals surface area contributed by atoms with Crippen LogP contribution in [0.5, 0.6) is 5.75 Å². The van der Waals surface area contributed by atoms with Crippen molar-refractivity contribution in [2.45, 2.75) is 13.0 Å². The molecular weight excluding hydrogens is 262 g/mol. The fourth-order valence-corrected chi connectivity index (χ4v) is 2.62. The molecular formula is C18H17NO2. The van der Waals surface area contributed by atoms with Gasteiger partial charge < -0.3 is 9.84 Å². The molecule has 0 aliphatic rings. The van der Waals surface area contributed by atoms with Crippen LogP contribution in [0.15, 0.2) is 54.9 Å². The molecule has 1 aromatic heterocycles. The lowest BCUT2D eigenvalue weighted by Gasteiger charge is -2.17. The molecule has 3 heteroatoms. The first-order valence-corrected chi connectivity index (χ1v) is 6.86. The van der Waals surface area contributed by atoms with E-state index >= 15 is 0 Å². The highest BCUT2D eigenvalue weighted by molar-refractivity contribution is 5.85. The van der Waals surface area contributed by atoms with Crippen LogP contribution in [0, 0.1) is 6.92 Å². The molecule has 3 nitrogen and oxygen atoms in total. The van der Waals surface area contributed by atoms with Crippen molar-refractivity contribution in [1.29, 1.82) is 0 Å². The van der Waals surface area contributed by atoms with Gasteiger partial charge in [0.1, 0.15) is 11.9 Å². The van der Waals surface area contributed by atoms with Crippen molar-refractivity contribution in [3.8, 4) is 5.75 Å². The quantitative estimate of drug-likeness (QED) is 0.796. The van der Waals surface area contributed by atoms with Gasteiger partial charge in [0.15, 0.2) is 0 Å². The van der Waals surface area contributed by atoms with Crippen LogP contribution >= 0.6 is 0 Å². The molecule has 3 rings (SSSR count). The monoisotopic (exact) mass is 279 g/mol. The second kappa shape index (κ2) is 5.54. The van der Waals surface area contributed by atoms with Gasteiger partial charge in [0, 0.05) is 23.3 Å². The molecule has 0 saturated carbocycles. The van der Waals surface area contributed by atoms with E-state index in [1.165, 1.54) is 0 Å². The van der Waals surface area contributed by atoms with Crippen molar-refractivity contribution in [2.75, 3.05) is 7.11 Å². The second-order valence-electron chi connectivity index (χ2n) is 5.09. The number of methoxy groups -OCH3 is 1. The third-order valence-corrected chi connectivity index (χ3v) is 3.69. The second-order valence-corrected chi connectivity index (χ2v) is 5.09. The Balaban J connectivity index is 2.17. The van der Waals surface area contributed by atoms with Crippen LogP contribution < -0.4 is 4.74 Å². The third kappa shape index (κ3) is 2.48. The van der Waals surface area contributed by atoms with E-state index in [1.807, 2.05) is 49.4 Å². The third-order valence-electron chi connectivity index (χ3n) is 3.69. The minimum absolute atomic E-state index is 0.694. The van der Waals surface area contributed by atoms with Gasteiger partial charge in [-0.3, -0.25) is 4.98 Å². The summed E-state index contributed by atoms with van der Waals surface area (Å²) in [6.07, 6.45) is 2.82. The predicted octanol–water partition coefficient (Wildman–Crippen LogP) is 3.63. The summed E-state index contributed by atoms with van der Waals surface area (Å²) in [7, 11) is 1.62. The summed E-state index contributed by atoms with van der Waals surface area (Å²) in [5, 5.41) is 12.8. The van der Waals surface area contributed by atoms with E-state index in [9.17, 15) is 5.11 Å². The average molecular weight is 279 g/mol. The van der Waals surface area contributed by atoms with Gasteiger partial charge in [0.05, 0.1) is 7.11 Å². The predicted molar refractivity (Wildman–Crippen MR) is 83.5 cm³/mol. The first kappa shape index (κ1) is 13.6. The molecule has 0 spiro atoms. The molecule has 106 valence electrons. The van der Waals surface area contributed by atoms with Gasteiger partial charge in [-0.15, -0.1) is 0 Å². The van der Waals surface area contributed by atoms with E-state index in [0.29, 0.717) is 5.75 Å². The highest BCUT2D eigenvalue weighted by Gasteiger charge is 2.17. The van der Waals surface area contributed by atoms with E-state index in [1.54, 1.807) is 19.5 Å². The molecule has 1 atom stereocenters. The van der Waals surface area contributed by atoms with Gasteiger partial charge in [-0.05, 0) is 36.1 Å². The summed E-state index contributed by atoms with van der Waals surface area (Å²) < 4.78 is 5.38. The zero-order valence-electron chi connectivity index (χ0n) is 12.1. The van der Waals surface area contributed by atoms with E-state index in [4.69, 9.17) is 4.74 Å². The molecule has 0 radical (unpaired) electrons. The first-order valence-electron chi connectivity index (χ1n) is 6.86. The van der Waals surface area contributed by atoms with Crippen molar-refractivity contribution in [2.24, 2.45) is 0 Å². The molecule has 0 bridgehead atoms. The number of aryl methyl sites for hydroxylation is 1. The molecule has 0 aliphatic carbocycles. The van der Waals surface area contributed by atoms with Crippen LogP contribution in [0.25, 0.3) is 10.8 Å². The molecule has 3 aromatic rings. The van der Waals surface area contributed by atoms with Crippen LogP contribution in [-0.4, -0.2) is 17.2 Å². The highest BCUT2D eigenvalue weighted by Crippen LogP contribution is 2.34. The number of rotatable bonds is 3. The Morgan fingerprint density at radius 2 is 1.95 bits per heavy atom. The number of hydrogen-bond donors (Lipinski definition) is 1. The van der Waals surface area contributed by atoms with Gasteiger partial charge in [0.2, 0.25) is 0 Å². The van der Waals surface area contributed by atoms with E-state index in [-0.39, 0.29) is 0 Å². The summed E-state index contributed by atoms with van der Waals surface area (Å²) in [6, 6.07) is 13.6. The Morgan fingerprint density at radius 1 is 1.10 bits per heavy atom. The number of ether oxygens (including phenoxy) is 1. The van der Waals surface area contributed by atoms with E-state index in [2.05, 4.69) is 4.98 Å². The lowest BCUT2D eigenvalue weighted by atomic mass is 9.95. The van der Waals surface area contributed by atoms with Crippen molar-refractivity contribution in [3.05, 3.63) is 71.5 Å². The van der Waals surface area contributed by atoms with Crippen molar-refractivity contribution in [1.82, 2.24) is 4.98 Å². The fourth-order valence-electron chi connectivity index (χ4n) is 2.62. The van der Waals surface area contributed by atoms with Gasteiger partial charge in [-0.25, -0.2) is 0 Å². The SMILES string of the molecule is COc1ccc(C)cc1C(O)c1cccc2cnccc12. The van der Waals surface area contributed by atoms with E-state index < -0.39 is 6.10 Å². The average Bonchev–Trinajstić information content (AvgIpc) is 2.53. The molecule has 21 heavy (non-hydrogen) atoms. The largest absolute Gasteiger partial charge is 0.496 e. The van der Waals surface area contributed by atoms with Gasteiger partial charge in [0.25, 0.3) is 0 Å². The summed E-state index contributed by atoms with van der Waals surface area (Å²) in [6.45, 7) is 2.00. The minimum atomic E-state index is -0.731. The lowest BCUT2D eigenvalue weighted by Crippen LogP contribution is -2.03. The summed E-state index contributed by atoms with van der Waals surface area (Å²) in [5.74, 6) is 0.694. The zero-order valence-corrected chi connectivity index (χ0v) is 12.1. The zero-order chi connectivity index (χ0) is 14.8. The summed E-state index contributed by atoms with van der Waals surface area (Å²) >= 11 is 0. The molecule has 1 unspecified atom stereocenters. The molecule has 0 amide bonds. The van der Waals surface area contributed by atoms with Crippen LogP contribution in [0.2, 0.25) is 0 Å². The maximum Gasteiger partial charge on any atom is 0.125 e. The number of fused-ring (bicyclic) bond motifs is 1. The number of pyridine rings is 1.